The normalized spacial score (nSPS) is 9.50. The number of non-ortho nitro benzene ring substituents is 1. The van der Waals surface area contributed by atoms with Crippen molar-refractivity contribution in [2.75, 3.05) is 6.61 Å². The van der Waals surface area contributed by atoms with Crippen molar-refractivity contribution in [2.24, 2.45) is 0 Å². The average Bonchev–Trinajstić information content (AvgIpc) is 2.25. The van der Waals surface area contributed by atoms with Crippen molar-refractivity contribution < 1.29 is 19.6 Å². The first-order valence-corrected chi connectivity index (χ1v) is 4.31. The van der Waals surface area contributed by atoms with Crippen molar-refractivity contribution >= 4 is 11.7 Å². The third kappa shape index (κ3) is 2.57. The van der Waals surface area contributed by atoms with Crippen molar-refractivity contribution in [1.29, 1.82) is 0 Å². The van der Waals surface area contributed by atoms with Crippen molar-refractivity contribution in [3.63, 3.8) is 0 Å². The Kier molecular flexibility index (Phi) is 3.60. The second-order valence-electron chi connectivity index (χ2n) is 2.84. The molecule has 0 saturated heterocycles. The molecule has 0 radical (unpaired) electrons. The first-order chi connectivity index (χ1) is 7.56. The number of benzene rings is 1. The molecule has 0 saturated carbocycles. The van der Waals surface area contributed by atoms with E-state index in [1.807, 2.05) is 0 Å². The summed E-state index contributed by atoms with van der Waals surface area (Å²) < 4.78 is 5.04. The Labute approximate surface area is 90.9 Å². The molecule has 0 unspecified atom stereocenters. The number of ether oxygens (including phenoxy) is 1. The van der Waals surface area contributed by atoms with Crippen LogP contribution in [0.15, 0.2) is 30.9 Å². The quantitative estimate of drug-likeness (QED) is 0.467. The zero-order valence-electron chi connectivity index (χ0n) is 8.25. The first kappa shape index (κ1) is 11.7. The van der Waals surface area contributed by atoms with Crippen LogP contribution in [-0.4, -0.2) is 22.6 Å². The molecule has 0 fully saturated rings. The lowest BCUT2D eigenvalue weighted by atomic mass is 10.2. The Morgan fingerprint density at radius 1 is 1.62 bits per heavy atom. The fourth-order valence-corrected chi connectivity index (χ4v) is 1.07. The van der Waals surface area contributed by atoms with Gasteiger partial charge in [0.2, 0.25) is 0 Å². The summed E-state index contributed by atoms with van der Waals surface area (Å²) >= 11 is 0. The van der Waals surface area contributed by atoms with Crippen molar-refractivity contribution in [1.82, 2.24) is 0 Å². The molecule has 84 valence electrons. The number of rotatable bonds is 5. The summed E-state index contributed by atoms with van der Waals surface area (Å²) in [6.45, 7) is 3.49. The molecule has 0 amide bonds. The summed E-state index contributed by atoms with van der Waals surface area (Å²) in [7, 11) is 0. The topological polar surface area (TPSA) is 89.7 Å². The number of aromatic carboxylic acids is 1. The monoisotopic (exact) mass is 223 g/mol. The Balaban J connectivity index is 3.15. The maximum Gasteiger partial charge on any atom is 0.339 e. The molecule has 1 rings (SSSR count). The van der Waals surface area contributed by atoms with E-state index in [4.69, 9.17) is 9.84 Å². The van der Waals surface area contributed by atoms with Crippen LogP contribution in [-0.2, 0) is 0 Å². The molecule has 0 spiro atoms. The lowest BCUT2D eigenvalue weighted by Crippen LogP contribution is -2.03. The van der Waals surface area contributed by atoms with E-state index in [2.05, 4.69) is 6.58 Å². The fourth-order valence-electron chi connectivity index (χ4n) is 1.07. The second-order valence-corrected chi connectivity index (χ2v) is 2.84. The Hall–Kier alpha value is -2.37. The maximum atomic E-state index is 10.8. The Bertz CT molecular complexity index is 441. The Morgan fingerprint density at radius 3 is 2.81 bits per heavy atom. The van der Waals surface area contributed by atoms with Gasteiger partial charge in [0.05, 0.1) is 11.0 Å². The summed E-state index contributed by atoms with van der Waals surface area (Å²) in [6.07, 6.45) is 1.42. The lowest BCUT2D eigenvalue weighted by Gasteiger charge is -2.06. The van der Waals surface area contributed by atoms with Gasteiger partial charge in [-0.05, 0) is 6.07 Å². The minimum absolute atomic E-state index is 0.0402. The summed E-state index contributed by atoms with van der Waals surface area (Å²) in [5, 5.41) is 19.3. The molecule has 6 nitrogen and oxygen atoms in total. The van der Waals surface area contributed by atoms with Gasteiger partial charge in [0.1, 0.15) is 17.9 Å². The van der Waals surface area contributed by atoms with Crippen LogP contribution in [0.3, 0.4) is 0 Å². The van der Waals surface area contributed by atoms with E-state index >= 15 is 0 Å². The Morgan fingerprint density at radius 2 is 2.31 bits per heavy atom. The average molecular weight is 223 g/mol. The van der Waals surface area contributed by atoms with E-state index in [9.17, 15) is 14.9 Å². The molecule has 0 heterocycles. The van der Waals surface area contributed by atoms with Crippen molar-refractivity contribution in [3.05, 3.63) is 46.5 Å². The summed E-state index contributed by atoms with van der Waals surface area (Å²) in [5.74, 6) is -1.24. The van der Waals surface area contributed by atoms with E-state index in [0.717, 1.165) is 18.2 Å². The summed E-state index contributed by atoms with van der Waals surface area (Å²) in [6, 6.07) is 3.33. The zero-order valence-corrected chi connectivity index (χ0v) is 8.25. The van der Waals surface area contributed by atoms with Crippen LogP contribution in [0.25, 0.3) is 0 Å². The van der Waals surface area contributed by atoms with Crippen LogP contribution >= 0.6 is 0 Å². The zero-order chi connectivity index (χ0) is 12.1. The van der Waals surface area contributed by atoms with Crippen molar-refractivity contribution in [3.8, 4) is 5.75 Å². The van der Waals surface area contributed by atoms with Crippen LogP contribution in [0.4, 0.5) is 5.69 Å². The third-order valence-corrected chi connectivity index (χ3v) is 1.76. The highest BCUT2D eigenvalue weighted by atomic mass is 16.6. The molecule has 0 aromatic heterocycles. The highest BCUT2D eigenvalue weighted by Gasteiger charge is 2.16. The van der Waals surface area contributed by atoms with Crippen LogP contribution in [0.5, 0.6) is 5.75 Å². The minimum Gasteiger partial charge on any atom is -0.488 e. The fraction of sp³-hybridized carbons (Fsp3) is 0.100. The largest absolute Gasteiger partial charge is 0.488 e. The molecule has 0 aliphatic carbocycles. The molecule has 1 aromatic carbocycles. The smallest absolute Gasteiger partial charge is 0.339 e. The van der Waals surface area contributed by atoms with Gasteiger partial charge in [0.25, 0.3) is 5.69 Å². The number of nitro groups is 1. The highest BCUT2D eigenvalue weighted by molar-refractivity contribution is 5.91. The van der Waals surface area contributed by atoms with Crippen LogP contribution in [0.1, 0.15) is 10.4 Å². The van der Waals surface area contributed by atoms with Gasteiger partial charge in [-0.25, -0.2) is 4.79 Å². The van der Waals surface area contributed by atoms with Crippen LogP contribution in [0.2, 0.25) is 0 Å². The predicted octanol–water partition coefficient (Wildman–Crippen LogP) is 1.86. The second kappa shape index (κ2) is 4.92. The van der Waals surface area contributed by atoms with E-state index < -0.39 is 10.9 Å². The predicted molar refractivity (Wildman–Crippen MR) is 55.7 cm³/mol. The molecule has 1 N–H and O–H groups in total. The molecular formula is C10H9NO5. The SMILES string of the molecule is C=CCOc1cc([N+](=O)[O-])ccc1C(=O)O. The number of nitro benzene ring substituents is 1. The number of hydrogen-bond donors (Lipinski definition) is 1. The number of nitrogens with zero attached hydrogens (tertiary/aromatic N) is 1. The highest BCUT2D eigenvalue weighted by Crippen LogP contribution is 2.24. The minimum atomic E-state index is -1.20. The molecule has 1 aromatic rings. The van der Waals surface area contributed by atoms with E-state index in [0.29, 0.717) is 0 Å². The van der Waals surface area contributed by atoms with Gasteiger partial charge in [0.15, 0.2) is 0 Å². The van der Waals surface area contributed by atoms with Crippen LogP contribution < -0.4 is 4.74 Å². The number of hydrogen-bond acceptors (Lipinski definition) is 4. The van der Waals surface area contributed by atoms with Gasteiger partial charge in [0, 0.05) is 6.07 Å². The molecular weight excluding hydrogens is 214 g/mol. The molecule has 0 atom stereocenters. The van der Waals surface area contributed by atoms with E-state index in [1.54, 1.807) is 0 Å². The first-order valence-electron chi connectivity index (χ1n) is 4.31. The van der Waals surface area contributed by atoms with Gasteiger partial charge >= 0.3 is 5.97 Å². The maximum absolute atomic E-state index is 10.8. The van der Waals surface area contributed by atoms with Gasteiger partial charge in [-0.15, -0.1) is 0 Å². The van der Waals surface area contributed by atoms with Crippen LogP contribution in [0, 0.1) is 10.1 Å². The summed E-state index contributed by atoms with van der Waals surface area (Å²) in [4.78, 5) is 20.7. The van der Waals surface area contributed by atoms with E-state index in [1.165, 1.54) is 6.08 Å². The molecule has 0 aliphatic heterocycles. The van der Waals surface area contributed by atoms with Gasteiger partial charge in [-0.2, -0.15) is 0 Å². The van der Waals surface area contributed by atoms with E-state index in [-0.39, 0.29) is 23.6 Å². The van der Waals surface area contributed by atoms with Gasteiger partial charge in [-0.1, -0.05) is 12.7 Å². The number of carboxylic acids is 1. The van der Waals surface area contributed by atoms with Gasteiger partial charge in [-0.3, -0.25) is 10.1 Å². The summed E-state index contributed by atoms with van der Waals surface area (Å²) in [5.41, 5.74) is -0.337. The molecule has 6 heteroatoms. The molecule has 0 aliphatic rings. The molecule has 16 heavy (non-hydrogen) atoms. The van der Waals surface area contributed by atoms with Gasteiger partial charge < -0.3 is 9.84 Å². The number of carbonyl (C=O) groups is 1. The number of carboxylic acid groups (broad SMARTS) is 1. The lowest BCUT2D eigenvalue weighted by molar-refractivity contribution is -0.384. The molecule has 0 bridgehead atoms. The van der Waals surface area contributed by atoms with Crippen molar-refractivity contribution in [2.45, 2.75) is 0 Å². The third-order valence-electron chi connectivity index (χ3n) is 1.76. The standard InChI is InChI=1S/C10H9NO5/c1-2-5-16-9-6-7(11(14)15)3-4-8(9)10(12)13/h2-4,6H,1,5H2,(H,12,13).